The quantitative estimate of drug-likeness (QED) is 0.385. The second-order valence-corrected chi connectivity index (χ2v) is 7.25. The van der Waals surface area contributed by atoms with Crippen molar-refractivity contribution in [3.63, 3.8) is 0 Å². The molecule has 0 saturated carbocycles. The summed E-state index contributed by atoms with van der Waals surface area (Å²) in [5.41, 5.74) is 3.01. The van der Waals surface area contributed by atoms with Crippen molar-refractivity contribution in [2.45, 2.75) is 20.3 Å². The first kappa shape index (κ1) is 19.4. The molecule has 1 aromatic heterocycles. The SMILES string of the molecule is Cc1cc(C)c2nc(NC(=O)COC(=O)Cc3ccccc3[N+](=O)[O-])sc2c1. The van der Waals surface area contributed by atoms with Crippen LogP contribution in [0.3, 0.4) is 0 Å². The Labute approximate surface area is 164 Å². The molecule has 28 heavy (non-hydrogen) atoms. The number of amides is 1. The standard InChI is InChI=1S/C19H17N3O5S/c1-11-7-12(2)18-15(8-11)28-19(21-18)20-16(23)10-27-17(24)9-13-5-3-4-6-14(13)22(25)26/h3-8H,9-10H2,1-2H3,(H,20,21,23). The number of aromatic nitrogens is 1. The van der Waals surface area contributed by atoms with Crippen molar-refractivity contribution in [3.05, 3.63) is 63.2 Å². The van der Waals surface area contributed by atoms with Gasteiger partial charge in [-0.05, 0) is 31.0 Å². The van der Waals surface area contributed by atoms with Gasteiger partial charge in [-0.25, -0.2) is 4.98 Å². The van der Waals surface area contributed by atoms with Crippen molar-refractivity contribution in [1.29, 1.82) is 0 Å². The van der Waals surface area contributed by atoms with E-state index in [0.29, 0.717) is 5.13 Å². The molecule has 0 unspecified atom stereocenters. The van der Waals surface area contributed by atoms with Crippen LogP contribution in [0.1, 0.15) is 16.7 Å². The molecule has 0 fully saturated rings. The van der Waals surface area contributed by atoms with Crippen LogP contribution in [0, 0.1) is 24.0 Å². The maximum atomic E-state index is 12.0. The molecular weight excluding hydrogens is 382 g/mol. The molecular formula is C19H17N3O5S. The molecule has 0 spiro atoms. The van der Waals surface area contributed by atoms with Crippen molar-refractivity contribution in [2.24, 2.45) is 0 Å². The molecule has 3 aromatic rings. The number of carbonyl (C=O) groups excluding carboxylic acids is 2. The van der Waals surface area contributed by atoms with Crippen LogP contribution in [-0.2, 0) is 20.7 Å². The van der Waals surface area contributed by atoms with E-state index < -0.39 is 23.4 Å². The minimum Gasteiger partial charge on any atom is -0.455 e. The van der Waals surface area contributed by atoms with E-state index >= 15 is 0 Å². The molecule has 0 saturated heterocycles. The summed E-state index contributed by atoms with van der Waals surface area (Å²) in [4.78, 5) is 38.8. The zero-order valence-electron chi connectivity index (χ0n) is 15.2. The number of nitro groups is 1. The molecule has 9 heteroatoms. The van der Waals surface area contributed by atoms with Gasteiger partial charge in [-0.1, -0.05) is 35.6 Å². The van der Waals surface area contributed by atoms with Crippen molar-refractivity contribution in [3.8, 4) is 0 Å². The highest BCUT2D eigenvalue weighted by atomic mass is 32.1. The first-order chi connectivity index (χ1) is 13.3. The van der Waals surface area contributed by atoms with E-state index in [-0.39, 0.29) is 17.7 Å². The van der Waals surface area contributed by atoms with Gasteiger partial charge in [0.1, 0.15) is 0 Å². The van der Waals surface area contributed by atoms with Crippen molar-refractivity contribution < 1.29 is 19.2 Å². The summed E-state index contributed by atoms with van der Waals surface area (Å²) < 4.78 is 5.89. The topological polar surface area (TPSA) is 111 Å². The van der Waals surface area contributed by atoms with E-state index in [0.717, 1.165) is 21.3 Å². The Kier molecular flexibility index (Phi) is 5.65. The van der Waals surface area contributed by atoms with Gasteiger partial charge in [0.05, 0.1) is 21.6 Å². The number of ether oxygens (including phenoxy) is 1. The third-order valence-electron chi connectivity index (χ3n) is 3.96. The summed E-state index contributed by atoms with van der Waals surface area (Å²) >= 11 is 1.34. The summed E-state index contributed by atoms with van der Waals surface area (Å²) in [6.45, 7) is 3.44. The Bertz CT molecular complexity index is 1080. The number of rotatable bonds is 6. The minimum absolute atomic E-state index is 0.163. The number of anilines is 1. The zero-order chi connectivity index (χ0) is 20.3. The van der Waals surface area contributed by atoms with Gasteiger partial charge in [0, 0.05) is 11.6 Å². The van der Waals surface area contributed by atoms with Crippen LogP contribution in [0.15, 0.2) is 36.4 Å². The fraction of sp³-hybridized carbons (Fsp3) is 0.211. The third kappa shape index (κ3) is 4.49. The average molecular weight is 399 g/mol. The molecule has 0 atom stereocenters. The number of carbonyl (C=O) groups is 2. The number of nitro benzene ring substituents is 1. The van der Waals surface area contributed by atoms with Gasteiger partial charge in [0.25, 0.3) is 11.6 Å². The molecule has 0 bridgehead atoms. The van der Waals surface area contributed by atoms with Gasteiger partial charge in [0.2, 0.25) is 0 Å². The summed E-state index contributed by atoms with van der Waals surface area (Å²) in [5.74, 6) is -1.25. The molecule has 2 aromatic carbocycles. The predicted octanol–water partition coefficient (Wildman–Crippen LogP) is 3.55. The maximum absolute atomic E-state index is 12.0. The number of nitrogens with one attached hydrogen (secondary N) is 1. The Morgan fingerprint density at radius 3 is 2.75 bits per heavy atom. The van der Waals surface area contributed by atoms with E-state index in [1.54, 1.807) is 6.07 Å². The lowest BCUT2D eigenvalue weighted by molar-refractivity contribution is -0.385. The van der Waals surface area contributed by atoms with E-state index in [2.05, 4.69) is 10.3 Å². The van der Waals surface area contributed by atoms with Gasteiger partial charge in [0.15, 0.2) is 11.7 Å². The summed E-state index contributed by atoms with van der Waals surface area (Å²) in [6, 6.07) is 9.90. The monoisotopic (exact) mass is 399 g/mol. The van der Waals surface area contributed by atoms with Gasteiger partial charge in [-0.15, -0.1) is 0 Å². The minimum atomic E-state index is -0.722. The van der Waals surface area contributed by atoms with E-state index in [9.17, 15) is 19.7 Å². The van der Waals surface area contributed by atoms with Crippen LogP contribution in [0.25, 0.3) is 10.2 Å². The number of aryl methyl sites for hydroxylation is 2. The first-order valence-electron chi connectivity index (χ1n) is 8.39. The Balaban J connectivity index is 1.58. The molecule has 3 rings (SSSR count). The molecule has 1 N–H and O–H groups in total. The normalized spacial score (nSPS) is 10.6. The van der Waals surface area contributed by atoms with Crippen LogP contribution in [-0.4, -0.2) is 28.4 Å². The van der Waals surface area contributed by atoms with E-state index in [1.165, 1.54) is 29.5 Å². The van der Waals surface area contributed by atoms with Gasteiger partial charge in [-0.3, -0.25) is 25.0 Å². The largest absolute Gasteiger partial charge is 0.455 e. The second-order valence-electron chi connectivity index (χ2n) is 6.22. The number of fused-ring (bicyclic) bond motifs is 1. The molecule has 0 aliphatic heterocycles. The van der Waals surface area contributed by atoms with Gasteiger partial charge in [-0.2, -0.15) is 0 Å². The maximum Gasteiger partial charge on any atom is 0.311 e. The second kappa shape index (κ2) is 8.13. The lowest BCUT2D eigenvalue weighted by atomic mass is 10.1. The fourth-order valence-corrected chi connectivity index (χ4v) is 3.83. The zero-order valence-corrected chi connectivity index (χ0v) is 16.0. The van der Waals surface area contributed by atoms with Gasteiger partial charge >= 0.3 is 5.97 Å². The Morgan fingerprint density at radius 1 is 1.25 bits per heavy atom. The lowest BCUT2D eigenvalue weighted by Crippen LogP contribution is -2.21. The molecule has 1 heterocycles. The molecule has 1 amide bonds. The molecule has 144 valence electrons. The van der Waals surface area contributed by atoms with Crippen LogP contribution in [0.5, 0.6) is 0 Å². The first-order valence-corrected chi connectivity index (χ1v) is 9.20. The third-order valence-corrected chi connectivity index (χ3v) is 4.88. The van der Waals surface area contributed by atoms with Crippen molar-refractivity contribution in [2.75, 3.05) is 11.9 Å². The smallest absolute Gasteiger partial charge is 0.311 e. The van der Waals surface area contributed by atoms with Crippen molar-refractivity contribution >= 4 is 44.2 Å². The van der Waals surface area contributed by atoms with Crippen molar-refractivity contribution in [1.82, 2.24) is 4.98 Å². The van der Waals surface area contributed by atoms with Crippen LogP contribution >= 0.6 is 11.3 Å². The van der Waals surface area contributed by atoms with Crippen LogP contribution in [0.4, 0.5) is 10.8 Å². The van der Waals surface area contributed by atoms with E-state index in [1.807, 2.05) is 26.0 Å². The molecule has 0 aliphatic rings. The van der Waals surface area contributed by atoms with Gasteiger partial charge < -0.3 is 4.74 Å². The molecule has 8 nitrogen and oxygen atoms in total. The summed E-state index contributed by atoms with van der Waals surface area (Å²) in [5, 5.41) is 14.0. The van der Waals surface area contributed by atoms with E-state index in [4.69, 9.17) is 4.74 Å². The summed E-state index contributed by atoms with van der Waals surface area (Å²) in [6.07, 6.45) is -0.288. The Morgan fingerprint density at radius 2 is 2.00 bits per heavy atom. The number of esters is 1. The molecule has 0 radical (unpaired) electrons. The predicted molar refractivity (Wildman–Crippen MR) is 105 cm³/mol. The number of nitrogens with zero attached hydrogens (tertiary/aromatic N) is 2. The summed E-state index contributed by atoms with van der Waals surface area (Å²) in [7, 11) is 0. The number of hydrogen-bond acceptors (Lipinski definition) is 7. The van der Waals surface area contributed by atoms with Crippen LogP contribution in [0.2, 0.25) is 0 Å². The number of hydrogen-bond donors (Lipinski definition) is 1. The highest BCUT2D eigenvalue weighted by molar-refractivity contribution is 7.22. The number of thiazole rings is 1. The Hall–Kier alpha value is -3.33. The number of benzene rings is 2. The van der Waals surface area contributed by atoms with Crippen LogP contribution < -0.4 is 5.32 Å². The highest BCUT2D eigenvalue weighted by Gasteiger charge is 2.17. The molecule has 0 aliphatic carbocycles. The fourth-order valence-electron chi connectivity index (χ4n) is 2.77. The average Bonchev–Trinajstić information content (AvgIpc) is 3.03. The number of para-hydroxylation sites is 1. The highest BCUT2D eigenvalue weighted by Crippen LogP contribution is 2.29. The lowest BCUT2D eigenvalue weighted by Gasteiger charge is -2.05.